The van der Waals surface area contributed by atoms with Crippen molar-refractivity contribution in [3.05, 3.63) is 35.4 Å². The monoisotopic (exact) mass is 349 g/mol. The second-order valence-electron chi connectivity index (χ2n) is 5.95. The van der Waals surface area contributed by atoms with Crippen LogP contribution in [0.25, 0.3) is 0 Å². The van der Waals surface area contributed by atoms with Crippen LogP contribution in [-0.4, -0.2) is 37.5 Å². The fourth-order valence-corrected chi connectivity index (χ4v) is 2.37. The molecule has 0 radical (unpaired) electrons. The Morgan fingerprint density at radius 3 is 2.20 bits per heavy atom. The number of amides is 3. The number of carbonyl (C=O) groups excluding carboxylic acids is 3. The molecule has 138 valence electrons. The van der Waals surface area contributed by atoms with E-state index in [0.717, 1.165) is 18.4 Å². The van der Waals surface area contributed by atoms with Gasteiger partial charge in [-0.05, 0) is 36.8 Å². The van der Waals surface area contributed by atoms with Crippen molar-refractivity contribution >= 4 is 18.2 Å². The fraction of sp³-hybridized carbons (Fsp3) is 0.500. The lowest BCUT2D eigenvalue weighted by atomic mass is 10.0. The maximum absolute atomic E-state index is 10.8. The van der Waals surface area contributed by atoms with Gasteiger partial charge in [-0.15, -0.1) is 0 Å². The van der Waals surface area contributed by atoms with Crippen LogP contribution < -0.4 is 16.8 Å². The quantitative estimate of drug-likeness (QED) is 0.333. The maximum atomic E-state index is 10.8. The molecule has 25 heavy (non-hydrogen) atoms. The minimum atomic E-state index is -0.392. The van der Waals surface area contributed by atoms with Crippen LogP contribution in [0.3, 0.4) is 0 Å². The zero-order valence-corrected chi connectivity index (χ0v) is 14.4. The molecular weight excluding hydrogens is 322 g/mol. The van der Waals surface area contributed by atoms with Crippen molar-refractivity contribution in [3.8, 4) is 0 Å². The zero-order chi connectivity index (χ0) is 18.5. The maximum Gasteiger partial charge on any atom is 0.217 e. The van der Waals surface area contributed by atoms with Crippen molar-refractivity contribution in [2.24, 2.45) is 11.5 Å². The molecule has 1 unspecified atom stereocenters. The van der Waals surface area contributed by atoms with E-state index < -0.39 is 5.91 Å². The molecule has 1 aromatic carbocycles. The number of primary amides is 2. The van der Waals surface area contributed by atoms with Gasteiger partial charge in [0.2, 0.25) is 18.2 Å². The number of benzene rings is 1. The molecule has 0 aromatic heterocycles. The zero-order valence-electron chi connectivity index (χ0n) is 14.4. The molecule has 0 aliphatic rings. The Labute approximate surface area is 148 Å². The molecule has 7 nitrogen and oxygen atoms in total. The van der Waals surface area contributed by atoms with Crippen LogP contribution in [0.15, 0.2) is 24.3 Å². The summed E-state index contributed by atoms with van der Waals surface area (Å²) in [5.41, 5.74) is 12.5. The number of nitrogens with one attached hydrogen (secondary N) is 1. The Morgan fingerprint density at radius 2 is 1.64 bits per heavy atom. The van der Waals surface area contributed by atoms with Crippen LogP contribution in [0.2, 0.25) is 0 Å². The number of aryl methyl sites for hydroxylation is 2. The van der Waals surface area contributed by atoms with Gasteiger partial charge in [-0.25, -0.2) is 0 Å². The summed E-state index contributed by atoms with van der Waals surface area (Å²) in [4.78, 5) is 32.1. The smallest absolute Gasteiger partial charge is 0.217 e. The number of nitrogens with two attached hydrogens (primary N) is 2. The molecule has 5 N–H and O–H groups in total. The molecule has 1 rings (SSSR count). The average Bonchev–Trinajstić information content (AvgIpc) is 2.58. The molecule has 0 spiro atoms. The lowest BCUT2D eigenvalue weighted by Gasteiger charge is -2.15. The summed E-state index contributed by atoms with van der Waals surface area (Å²) in [7, 11) is 0. The minimum absolute atomic E-state index is 0.200. The molecule has 0 bridgehead atoms. The number of hydrogen-bond acceptors (Lipinski definition) is 4. The minimum Gasteiger partial charge on any atom is -0.379 e. The van der Waals surface area contributed by atoms with Gasteiger partial charge >= 0.3 is 0 Å². The Morgan fingerprint density at radius 1 is 1.04 bits per heavy atom. The second-order valence-corrected chi connectivity index (χ2v) is 5.95. The van der Waals surface area contributed by atoms with Gasteiger partial charge in [0.05, 0.1) is 12.6 Å². The molecule has 0 saturated carbocycles. The summed E-state index contributed by atoms with van der Waals surface area (Å²) < 4.78 is 5.57. The van der Waals surface area contributed by atoms with Crippen molar-refractivity contribution in [2.75, 3.05) is 13.2 Å². The summed E-state index contributed by atoms with van der Waals surface area (Å²) in [5.74, 6) is -0.684. The van der Waals surface area contributed by atoms with Gasteiger partial charge in [-0.2, -0.15) is 0 Å². The highest BCUT2D eigenvalue weighted by molar-refractivity contribution is 5.74. The van der Waals surface area contributed by atoms with E-state index in [1.807, 2.05) is 24.3 Å². The van der Waals surface area contributed by atoms with E-state index in [1.165, 1.54) is 5.56 Å². The Kier molecular flexibility index (Phi) is 9.92. The lowest BCUT2D eigenvalue weighted by molar-refractivity contribution is -0.119. The van der Waals surface area contributed by atoms with Crippen LogP contribution in [0, 0.1) is 0 Å². The molecule has 0 fully saturated rings. The first-order chi connectivity index (χ1) is 12.0. The SMILES string of the molecule is NC(=O)CCc1ccc(CCCOCC(CCC(N)=O)NC=O)cc1. The van der Waals surface area contributed by atoms with Crippen LogP contribution in [-0.2, 0) is 32.0 Å². The summed E-state index contributed by atoms with van der Waals surface area (Å²) >= 11 is 0. The first-order valence-corrected chi connectivity index (χ1v) is 8.43. The summed E-state index contributed by atoms with van der Waals surface area (Å²) in [5, 5.41) is 2.63. The summed E-state index contributed by atoms with van der Waals surface area (Å²) in [6, 6.07) is 7.90. The summed E-state index contributed by atoms with van der Waals surface area (Å²) in [6.07, 6.45) is 4.05. The predicted molar refractivity (Wildman–Crippen MR) is 94.5 cm³/mol. The number of hydrogen-bond donors (Lipinski definition) is 3. The molecule has 3 amide bonds. The third-order valence-electron chi connectivity index (χ3n) is 3.80. The largest absolute Gasteiger partial charge is 0.379 e. The lowest BCUT2D eigenvalue weighted by Crippen LogP contribution is -2.33. The number of rotatable bonds is 14. The molecular formula is C18H27N3O4. The van der Waals surface area contributed by atoms with Crippen LogP contribution in [0.1, 0.15) is 36.8 Å². The van der Waals surface area contributed by atoms with Gasteiger partial charge in [-0.1, -0.05) is 24.3 Å². The van der Waals surface area contributed by atoms with Gasteiger partial charge < -0.3 is 21.5 Å². The average molecular weight is 349 g/mol. The first-order valence-electron chi connectivity index (χ1n) is 8.43. The number of ether oxygens (including phenoxy) is 1. The third-order valence-corrected chi connectivity index (χ3v) is 3.80. The Bertz CT molecular complexity index is 546. The second kappa shape index (κ2) is 12.0. The highest BCUT2D eigenvalue weighted by atomic mass is 16.5. The fourth-order valence-electron chi connectivity index (χ4n) is 2.37. The van der Waals surface area contributed by atoms with E-state index in [4.69, 9.17) is 16.2 Å². The van der Waals surface area contributed by atoms with Crippen molar-refractivity contribution in [3.63, 3.8) is 0 Å². The molecule has 0 heterocycles. The Hall–Kier alpha value is -2.41. The van der Waals surface area contributed by atoms with Gasteiger partial charge in [0.1, 0.15) is 0 Å². The standard InChI is InChI=1S/C18H27N3O4/c19-17(23)9-7-15-5-3-14(4-6-15)2-1-11-25-12-16(21-13-22)8-10-18(20)24/h3-6,13,16H,1-2,7-12H2,(H2,19,23)(H2,20,24)(H,21,22). The van der Waals surface area contributed by atoms with Gasteiger partial charge in [0, 0.05) is 19.4 Å². The Balaban J connectivity index is 2.22. The molecule has 0 aliphatic carbocycles. The predicted octanol–water partition coefficient (Wildman–Crippen LogP) is 0.434. The van der Waals surface area contributed by atoms with Crippen LogP contribution in [0.4, 0.5) is 0 Å². The van der Waals surface area contributed by atoms with Crippen molar-refractivity contribution in [1.29, 1.82) is 0 Å². The van der Waals surface area contributed by atoms with E-state index in [9.17, 15) is 14.4 Å². The van der Waals surface area contributed by atoms with Crippen molar-refractivity contribution in [1.82, 2.24) is 5.32 Å². The third kappa shape index (κ3) is 10.1. The highest BCUT2D eigenvalue weighted by Gasteiger charge is 2.09. The van der Waals surface area contributed by atoms with E-state index in [2.05, 4.69) is 5.32 Å². The molecule has 0 saturated heterocycles. The molecule has 1 aromatic rings. The van der Waals surface area contributed by atoms with Crippen LogP contribution in [0.5, 0.6) is 0 Å². The topological polar surface area (TPSA) is 125 Å². The van der Waals surface area contributed by atoms with Crippen LogP contribution >= 0.6 is 0 Å². The van der Waals surface area contributed by atoms with Gasteiger partial charge in [0.15, 0.2) is 0 Å². The first kappa shape index (κ1) is 20.6. The molecule has 7 heteroatoms. The van der Waals surface area contributed by atoms with Gasteiger partial charge in [-0.3, -0.25) is 14.4 Å². The van der Waals surface area contributed by atoms with E-state index in [1.54, 1.807) is 0 Å². The van der Waals surface area contributed by atoms with E-state index >= 15 is 0 Å². The normalized spacial score (nSPS) is 11.7. The molecule has 0 aliphatic heterocycles. The van der Waals surface area contributed by atoms with E-state index in [0.29, 0.717) is 38.9 Å². The van der Waals surface area contributed by atoms with Gasteiger partial charge in [0.25, 0.3) is 0 Å². The van der Waals surface area contributed by atoms with Crippen molar-refractivity contribution in [2.45, 2.75) is 44.6 Å². The molecule has 1 atom stereocenters. The van der Waals surface area contributed by atoms with Crippen molar-refractivity contribution < 1.29 is 19.1 Å². The highest BCUT2D eigenvalue weighted by Crippen LogP contribution is 2.09. The van der Waals surface area contributed by atoms with E-state index in [-0.39, 0.29) is 18.4 Å². The number of carbonyl (C=O) groups is 3. The summed E-state index contributed by atoms with van der Waals surface area (Å²) in [6.45, 7) is 0.926.